The van der Waals surface area contributed by atoms with E-state index in [1.165, 1.54) is 18.2 Å². The number of alkyl halides is 3. The predicted octanol–water partition coefficient (Wildman–Crippen LogP) is 1.65. The fourth-order valence-corrected chi connectivity index (χ4v) is 1.80. The Hall–Kier alpha value is -1.59. The second kappa shape index (κ2) is 5.37. The van der Waals surface area contributed by atoms with Gasteiger partial charge in [-0.15, -0.1) is 0 Å². The highest BCUT2D eigenvalue weighted by Gasteiger charge is 2.29. The van der Waals surface area contributed by atoms with Gasteiger partial charge in [0.05, 0.1) is 11.6 Å². The summed E-state index contributed by atoms with van der Waals surface area (Å²) in [5, 5.41) is 8.23. The van der Waals surface area contributed by atoms with Crippen molar-refractivity contribution in [3.63, 3.8) is 0 Å². The molecule has 0 heterocycles. The normalized spacial score (nSPS) is 12.1. The van der Waals surface area contributed by atoms with Crippen molar-refractivity contribution >= 4 is 10.0 Å². The highest BCUT2D eigenvalue weighted by molar-refractivity contribution is 7.89. The van der Waals surface area contributed by atoms with Crippen LogP contribution in [-0.4, -0.2) is 14.2 Å². The zero-order valence-corrected chi connectivity index (χ0v) is 9.85. The Labute approximate surface area is 102 Å². The largest absolute Gasteiger partial charge is 0.416 e. The molecule has 0 amide bonds. The monoisotopic (exact) mass is 278 g/mol. The van der Waals surface area contributed by atoms with Crippen molar-refractivity contribution in [1.29, 1.82) is 5.26 Å². The Bertz CT molecular complexity index is 544. The van der Waals surface area contributed by atoms with Crippen LogP contribution in [0.15, 0.2) is 24.3 Å². The van der Waals surface area contributed by atoms with Crippen molar-refractivity contribution in [3.05, 3.63) is 35.4 Å². The van der Waals surface area contributed by atoms with Crippen LogP contribution in [0.2, 0.25) is 0 Å². The molecule has 0 saturated carbocycles. The van der Waals surface area contributed by atoms with Gasteiger partial charge in [-0.2, -0.15) is 18.4 Å². The number of hydrogen-bond acceptors (Lipinski definition) is 3. The van der Waals surface area contributed by atoms with Crippen molar-refractivity contribution in [2.24, 2.45) is 0 Å². The van der Waals surface area contributed by atoms with Crippen molar-refractivity contribution in [2.45, 2.75) is 12.7 Å². The highest BCUT2D eigenvalue weighted by atomic mass is 32.2. The lowest BCUT2D eigenvalue weighted by Gasteiger charge is -2.08. The van der Waals surface area contributed by atoms with E-state index in [0.29, 0.717) is 5.56 Å². The Morgan fingerprint density at radius 3 is 2.22 bits per heavy atom. The molecule has 0 aliphatic rings. The lowest BCUT2D eigenvalue weighted by molar-refractivity contribution is -0.137. The molecule has 0 unspecified atom stereocenters. The molecule has 1 N–H and O–H groups in total. The van der Waals surface area contributed by atoms with Gasteiger partial charge in [0.1, 0.15) is 0 Å². The molecule has 1 aromatic carbocycles. The molecule has 0 atom stereocenters. The predicted molar refractivity (Wildman–Crippen MR) is 57.7 cm³/mol. The van der Waals surface area contributed by atoms with E-state index in [4.69, 9.17) is 5.26 Å². The van der Waals surface area contributed by atoms with Gasteiger partial charge in [0.2, 0.25) is 10.0 Å². The summed E-state index contributed by atoms with van der Waals surface area (Å²) in [5.74, 6) is -0.687. The first-order valence-corrected chi connectivity index (χ1v) is 6.40. The summed E-state index contributed by atoms with van der Waals surface area (Å²) in [6, 6.07) is 5.57. The van der Waals surface area contributed by atoms with Crippen molar-refractivity contribution in [3.8, 4) is 6.07 Å². The molecule has 0 aliphatic carbocycles. The van der Waals surface area contributed by atoms with Crippen LogP contribution in [0.3, 0.4) is 0 Å². The quantitative estimate of drug-likeness (QED) is 0.910. The minimum absolute atomic E-state index is 0.151. The summed E-state index contributed by atoms with van der Waals surface area (Å²) in [5.41, 5.74) is -0.421. The van der Waals surface area contributed by atoms with Crippen molar-refractivity contribution in [1.82, 2.24) is 4.72 Å². The molecular weight excluding hydrogens is 269 g/mol. The van der Waals surface area contributed by atoms with Gasteiger partial charge in [-0.25, -0.2) is 13.1 Å². The van der Waals surface area contributed by atoms with Crippen LogP contribution in [0.1, 0.15) is 11.1 Å². The minimum atomic E-state index is -4.42. The van der Waals surface area contributed by atoms with E-state index in [2.05, 4.69) is 4.72 Å². The summed E-state index contributed by atoms with van der Waals surface area (Å²) in [6.45, 7) is -0.151. The third-order valence-electron chi connectivity index (χ3n) is 2.03. The second-order valence-corrected chi connectivity index (χ2v) is 5.24. The van der Waals surface area contributed by atoms with Gasteiger partial charge in [0, 0.05) is 6.54 Å². The molecule has 8 heteroatoms. The number of sulfonamides is 1. The maximum atomic E-state index is 12.2. The summed E-state index contributed by atoms with van der Waals surface area (Å²) in [4.78, 5) is 0. The van der Waals surface area contributed by atoms with E-state index in [1.807, 2.05) is 0 Å². The zero-order chi connectivity index (χ0) is 13.8. The topological polar surface area (TPSA) is 70.0 Å². The van der Waals surface area contributed by atoms with Gasteiger partial charge in [-0.1, -0.05) is 12.1 Å². The first-order valence-electron chi connectivity index (χ1n) is 4.75. The Kier molecular flexibility index (Phi) is 4.32. The minimum Gasteiger partial charge on any atom is -0.211 e. The van der Waals surface area contributed by atoms with Gasteiger partial charge in [0.15, 0.2) is 5.75 Å². The first-order chi connectivity index (χ1) is 8.24. The lowest BCUT2D eigenvalue weighted by Crippen LogP contribution is -2.25. The number of halogens is 3. The average molecular weight is 278 g/mol. The molecule has 1 aromatic rings. The fourth-order valence-electron chi connectivity index (χ4n) is 1.14. The lowest BCUT2D eigenvalue weighted by atomic mass is 10.1. The SMILES string of the molecule is N#CCS(=O)(=O)NCc1ccc(C(F)(F)F)cc1. The van der Waals surface area contributed by atoms with E-state index in [-0.39, 0.29) is 6.54 Å². The van der Waals surface area contributed by atoms with Crippen LogP contribution < -0.4 is 4.72 Å². The van der Waals surface area contributed by atoms with Crippen LogP contribution in [0.4, 0.5) is 13.2 Å². The van der Waals surface area contributed by atoms with Crippen molar-refractivity contribution < 1.29 is 21.6 Å². The van der Waals surface area contributed by atoms with E-state index in [1.54, 1.807) is 0 Å². The van der Waals surface area contributed by atoms with E-state index >= 15 is 0 Å². The average Bonchev–Trinajstić information content (AvgIpc) is 2.26. The number of nitrogens with one attached hydrogen (secondary N) is 1. The number of nitrogens with zero attached hydrogens (tertiary/aromatic N) is 1. The molecule has 0 fully saturated rings. The second-order valence-electron chi connectivity index (χ2n) is 3.43. The number of rotatable bonds is 4. The molecule has 98 valence electrons. The zero-order valence-electron chi connectivity index (χ0n) is 9.03. The third-order valence-corrected chi connectivity index (χ3v) is 3.13. The first kappa shape index (κ1) is 14.5. The molecule has 1 rings (SSSR count). The standard InChI is InChI=1S/C10H9F3N2O2S/c11-10(12,13)9-3-1-8(2-4-9)7-15-18(16,17)6-5-14/h1-4,15H,6-7H2. The maximum absolute atomic E-state index is 12.2. The van der Waals surface area contributed by atoms with E-state index < -0.39 is 27.5 Å². The van der Waals surface area contributed by atoms with Crippen LogP contribution >= 0.6 is 0 Å². The van der Waals surface area contributed by atoms with Gasteiger partial charge in [-0.3, -0.25) is 0 Å². The van der Waals surface area contributed by atoms with Gasteiger partial charge in [-0.05, 0) is 17.7 Å². The van der Waals surface area contributed by atoms with Gasteiger partial charge >= 0.3 is 6.18 Å². The molecule has 0 radical (unpaired) electrons. The molecular formula is C10H9F3N2O2S. The third kappa shape index (κ3) is 4.35. The number of hydrogen-bond donors (Lipinski definition) is 1. The molecule has 0 aliphatic heterocycles. The molecule has 0 spiro atoms. The van der Waals surface area contributed by atoms with Gasteiger partial charge < -0.3 is 0 Å². The molecule has 0 bridgehead atoms. The van der Waals surface area contributed by atoms with E-state index in [9.17, 15) is 21.6 Å². The van der Waals surface area contributed by atoms with E-state index in [0.717, 1.165) is 12.1 Å². The van der Waals surface area contributed by atoms with Crippen molar-refractivity contribution in [2.75, 3.05) is 5.75 Å². The molecule has 0 aromatic heterocycles. The van der Waals surface area contributed by atoms with Crippen LogP contribution in [0.5, 0.6) is 0 Å². The smallest absolute Gasteiger partial charge is 0.211 e. The van der Waals surface area contributed by atoms with Crippen LogP contribution in [-0.2, 0) is 22.7 Å². The van der Waals surface area contributed by atoms with Gasteiger partial charge in [0.25, 0.3) is 0 Å². The summed E-state index contributed by atoms with van der Waals surface area (Å²) in [6.07, 6.45) is -4.42. The van der Waals surface area contributed by atoms with Crippen LogP contribution in [0.25, 0.3) is 0 Å². The summed E-state index contributed by atoms with van der Waals surface area (Å²) >= 11 is 0. The summed E-state index contributed by atoms with van der Waals surface area (Å²) in [7, 11) is -3.70. The summed E-state index contributed by atoms with van der Waals surface area (Å²) < 4.78 is 61.1. The number of benzene rings is 1. The number of nitriles is 1. The molecule has 0 saturated heterocycles. The Balaban J connectivity index is 2.69. The molecule has 4 nitrogen and oxygen atoms in total. The molecule has 18 heavy (non-hydrogen) atoms. The highest BCUT2D eigenvalue weighted by Crippen LogP contribution is 2.28. The van der Waals surface area contributed by atoms with Crippen LogP contribution in [0, 0.1) is 11.3 Å². The Morgan fingerprint density at radius 2 is 1.78 bits per heavy atom. The Morgan fingerprint density at radius 1 is 1.22 bits per heavy atom. The maximum Gasteiger partial charge on any atom is 0.416 e. The fraction of sp³-hybridized carbons (Fsp3) is 0.300.